The van der Waals surface area contributed by atoms with Crippen molar-refractivity contribution in [3.63, 3.8) is 0 Å². The molecule has 0 bridgehead atoms. The molecule has 0 aliphatic heterocycles. The lowest BCUT2D eigenvalue weighted by Gasteiger charge is -2.28. The van der Waals surface area contributed by atoms with Gasteiger partial charge in [0.05, 0.1) is 6.10 Å². The molecule has 2 rings (SSSR count). The largest absolute Gasteiger partial charge is 0.491 e. The van der Waals surface area contributed by atoms with Crippen molar-refractivity contribution in [1.29, 1.82) is 0 Å². The molecule has 118 valence electrons. The Balaban J connectivity index is 1.81. The maximum atomic E-state index is 5.70. The zero-order chi connectivity index (χ0) is 15.2. The molecule has 3 unspecified atom stereocenters. The van der Waals surface area contributed by atoms with Crippen LogP contribution in [0.15, 0.2) is 24.3 Å². The van der Waals surface area contributed by atoms with E-state index in [1.807, 2.05) is 0 Å². The van der Waals surface area contributed by atoms with Crippen molar-refractivity contribution in [3.05, 3.63) is 29.8 Å². The Morgan fingerprint density at radius 3 is 2.48 bits per heavy atom. The second-order valence-corrected chi connectivity index (χ2v) is 7.00. The van der Waals surface area contributed by atoms with E-state index in [4.69, 9.17) is 4.74 Å². The molecule has 3 atom stereocenters. The van der Waals surface area contributed by atoms with Crippen LogP contribution >= 0.6 is 0 Å². The van der Waals surface area contributed by atoms with Crippen LogP contribution in [0, 0.1) is 11.8 Å². The normalized spacial score (nSPS) is 24.0. The van der Waals surface area contributed by atoms with Gasteiger partial charge < -0.3 is 10.1 Å². The van der Waals surface area contributed by atoms with E-state index < -0.39 is 0 Å². The van der Waals surface area contributed by atoms with Gasteiger partial charge in [0.1, 0.15) is 5.75 Å². The number of hydrogen-bond acceptors (Lipinski definition) is 2. The quantitative estimate of drug-likeness (QED) is 0.800. The molecule has 1 saturated carbocycles. The predicted octanol–water partition coefficient (Wildman–Crippen LogP) is 4.95. The number of hydrogen-bond donors (Lipinski definition) is 1. The average molecular weight is 289 g/mol. The van der Waals surface area contributed by atoms with Gasteiger partial charge in [0.15, 0.2) is 0 Å². The summed E-state index contributed by atoms with van der Waals surface area (Å²) in [6, 6.07) is 8.93. The van der Waals surface area contributed by atoms with Crippen LogP contribution in [0.3, 0.4) is 0 Å². The summed E-state index contributed by atoms with van der Waals surface area (Å²) in [7, 11) is 0. The first-order valence-corrected chi connectivity index (χ1v) is 8.54. The molecule has 1 aliphatic rings. The molecule has 1 N–H and O–H groups in total. The zero-order valence-corrected chi connectivity index (χ0v) is 14.1. The van der Waals surface area contributed by atoms with Crippen molar-refractivity contribution in [2.45, 2.75) is 65.5 Å². The summed E-state index contributed by atoms with van der Waals surface area (Å²) >= 11 is 0. The monoisotopic (exact) mass is 289 g/mol. The molecular weight excluding hydrogens is 258 g/mol. The molecule has 2 heteroatoms. The van der Waals surface area contributed by atoms with E-state index in [1.54, 1.807) is 0 Å². The fourth-order valence-electron chi connectivity index (χ4n) is 3.31. The molecule has 1 aromatic rings. The summed E-state index contributed by atoms with van der Waals surface area (Å²) in [6.45, 7) is 9.91. The van der Waals surface area contributed by atoms with E-state index in [0.29, 0.717) is 6.04 Å². The number of ether oxygens (including phenoxy) is 1. The van der Waals surface area contributed by atoms with Crippen LogP contribution in [0.2, 0.25) is 0 Å². The average Bonchev–Trinajstić information content (AvgIpc) is 2.45. The highest BCUT2D eigenvalue weighted by atomic mass is 16.5. The Bertz CT molecular complexity index is 412. The predicted molar refractivity (Wildman–Crippen MR) is 89.7 cm³/mol. The van der Waals surface area contributed by atoms with Gasteiger partial charge in [-0.05, 0) is 69.7 Å². The Kier molecular flexibility index (Phi) is 6.10. The molecule has 21 heavy (non-hydrogen) atoms. The Labute approximate surface area is 130 Å². The van der Waals surface area contributed by atoms with Crippen molar-refractivity contribution in [1.82, 2.24) is 5.32 Å². The Morgan fingerprint density at radius 2 is 1.86 bits per heavy atom. The molecule has 2 nitrogen and oxygen atoms in total. The molecule has 1 aliphatic carbocycles. The third-order valence-electron chi connectivity index (χ3n) is 4.51. The highest BCUT2D eigenvalue weighted by Crippen LogP contribution is 2.28. The van der Waals surface area contributed by atoms with Crippen molar-refractivity contribution in [2.24, 2.45) is 11.8 Å². The van der Waals surface area contributed by atoms with Gasteiger partial charge in [0.25, 0.3) is 0 Å². The number of nitrogens with one attached hydrogen (secondary N) is 1. The second kappa shape index (κ2) is 7.84. The highest BCUT2D eigenvalue weighted by molar-refractivity contribution is 5.29. The molecule has 1 fully saturated rings. The van der Waals surface area contributed by atoms with Gasteiger partial charge >= 0.3 is 0 Å². The van der Waals surface area contributed by atoms with E-state index in [9.17, 15) is 0 Å². The van der Waals surface area contributed by atoms with Gasteiger partial charge in [0, 0.05) is 6.04 Å². The molecule has 0 amide bonds. The van der Waals surface area contributed by atoms with E-state index in [0.717, 1.165) is 24.1 Å². The maximum Gasteiger partial charge on any atom is 0.119 e. The van der Waals surface area contributed by atoms with Crippen LogP contribution in [0.5, 0.6) is 5.75 Å². The summed E-state index contributed by atoms with van der Waals surface area (Å²) < 4.78 is 5.70. The van der Waals surface area contributed by atoms with Crippen LogP contribution < -0.4 is 10.1 Å². The molecule has 0 spiro atoms. The standard InChI is InChI=1S/C19H31NO/c1-14(2)21-19-10-8-18(9-11-19)16(4)20-13-17-7-5-6-15(3)12-17/h8-11,14-17,20H,5-7,12-13H2,1-4H3. The van der Waals surface area contributed by atoms with Crippen LogP contribution in [-0.4, -0.2) is 12.6 Å². The summed E-state index contributed by atoms with van der Waals surface area (Å²) in [5, 5.41) is 3.71. The van der Waals surface area contributed by atoms with Gasteiger partial charge in [0.2, 0.25) is 0 Å². The topological polar surface area (TPSA) is 21.3 Å². The summed E-state index contributed by atoms with van der Waals surface area (Å²) in [5.74, 6) is 2.73. The lowest BCUT2D eigenvalue weighted by atomic mass is 9.82. The molecular formula is C19H31NO. The first kappa shape index (κ1) is 16.4. The third-order valence-corrected chi connectivity index (χ3v) is 4.51. The fraction of sp³-hybridized carbons (Fsp3) is 0.684. The van der Waals surface area contributed by atoms with Crippen molar-refractivity contribution < 1.29 is 4.74 Å². The van der Waals surface area contributed by atoms with Crippen molar-refractivity contribution in [3.8, 4) is 5.75 Å². The van der Waals surface area contributed by atoms with Crippen molar-refractivity contribution >= 4 is 0 Å². The highest BCUT2D eigenvalue weighted by Gasteiger charge is 2.19. The van der Waals surface area contributed by atoms with Gasteiger partial charge in [-0.2, -0.15) is 0 Å². The minimum Gasteiger partial charge on any atom is -0.491 e. The lowest BCUT2D eigenvalue weighted by Crippen LogP contribution is -2.28. The van der Waals surface area contributed by atoms with Crippen molar-refractivity contribution in [2.75, 3.05) is 6.54 Å². The van der Waals surface area contributed by atoms with Crippen LogP contribution in [0.4, 0.5) is 0 Å². The molecule has 1 aromatic carbocycles. The minimum absolute atomic E-state index is 0.236. The summed E-state index contributed by atoms with van der Waals surface area (Å²) in [6.07, 6.45) is 5.85. The van der Waals surface area contributed by atoms with E-state index in [2.05, 4.69) is 57.3 Å². The maximum absolute atomic E-state index is 5.70. The first-order chi connectivity index (χ1) is 10.0. The lowest BCUT2D eigenvalue weighted by molar-refractivity contribution is 0.242. The van der Waals surface area contributed by atoms with Crippen LogP contribution in [0.1, 0.15) is 65.0 Å². The van der Waals surface area contributed by atoms with Gasteiger partial charge in [-0.25, -0.2) is 0 Å². The van der Waals surface area contributed by atoms with E-state index in [-0.39, 0.29) is 6.10 Å². The fourth-order valence-corrected chi connectivity index (χ4v) is 3.31. The smallest absolute Gasteiger partial charge is 0.119 e. The Morgan fingerprint density at radius 1 is 1.14 bits per heavy atom. The minimum atomic E-state index is 0.236. The SMILES string of the molecule is CC1CCCC(CNC(C)c2ccc(OC(C)C)cc2)C1. The van der Waals surface area contributed by atoms with Gasteiger partial charge in [-0.1, -0.05) is 31.9 Å². The molecule has 0 radical (unpaired) electrons. The van der Waals surface area contributed by atoms with Crippen LogP contribution in [-0.2, 0) is 0 Å². The van der Waals surface area contributed by atoms with Crippen LogP contribution in [0.25, 0.3) is 0 Å². The number of benzene rings is 1. The zero-order valence-electron chi connectivity index (χ0n) is 14.1. The molecule has 0 saturated heterocycles. The summed E-state index contributed by atoms with van der Waals surface area (Å²) in [4.78, 5) is 0. The summed E-state index contributed by atoms with van der Waals surface area (Å²) in [5.41, 5.74) is 1.34. The van der Waals surface area contributed by atoms with Gasteiger partial charge in [-0.15, -0.1) is 0 Å². The molecule has 0 aromatic heterocycles. The van der Waals surface area contributed by atoms with E-state index in [1.165, 1.54) is 31.2 Å². The van der Waals surface area contributed by atoms with E-state index >= 15 is 0 Å². The molecule has 0 heterocycles. The Hall–Kier alpha value is -1.02. The van der Waals surface area contributed by atoms with Gasteiger partial charge in [-0.3, -0.25) is 0 Å². The number of rotatable bonds is 6. The second-order valence-electron chi connectivity index (χ2n) is 7.00. The third kappa shape index (κ3) is 5.35. The first-order valence-electron chi connectivity index (χ1n) is 8.54.